The Morgan fingerprint density at radius 1 is 0.721 bits per heavy atom. The van der Waals surface area contributed by atoms with Crippen LogP contribution in [0.4, 0.5) is 0 Å². The number of hydrogen-bond acceptors (Lipinski definition) is 8. The molecule has 43 heavy (non-hydrogen) atoms. The maximum Gasteiger partial charge on any atom is 0.305 e. The smallest absolute Gasteiger partial charge is 0.305 e. The summed E-state index contributed by atoms with van der Waals surface area (Å²) in [4.78, 5) is 26.9. The maximum absolute atomic E-state index is 13.5. The highest BCUT2D eigenvalue weighted by molar-refractivity contribution is 5.97. The number of esters is 1. The molecule has 0 saturated heterocycles. The average molecular weight is 599 g/mol. The maximum atomic E-state index is 13.5. The van der Waals surface area contributed by atoms with Crippen molar-refractivity contribution in [1.82, 2.24) is 4.90 Å². The van der Waals surface area contributed by atoms with Crippen molar-refractivity contribution in [2.24, 2.45) is 0 Å². The molecule has 0 saturated carbocycles. The second-order valence-electron chi connectivity index (χ2n) is 10.7. The number of nitrogens with one attached hydrogen (secondary N) is 1. The summed E-state index contributed by atoms with van der Waals surface area (Å²) in [5, 5.41) is 7.84. The molecule has 0 aliphatic carbocycles. The van der Waals surface area contributed by atoms with Crippen LogP contribution in [0.2, 0.25) is 0 Å². The van der Waals surface area contributed by atoms with Crippen LogP contribution < -0.4 is 14.2 Å². The van der Waals surface area contributed by atoms with E-state index in [4.69, 9.17) is 29.1 Å². The molecule has 9 heteroatoms. The van der Waals surface area contributed by atoms with Crippen LogP contribution in [0.5, 0.6) is 17.2 Å². The molecular weight excluding hydrogens is 548 g/mol. The number of benzene rings is 2. The Morgan fingerprint density at radius 2 is 1.28 bits per heavy atom. The third-order valence-corrected chi connectivity index (χ3v) is 6.60. The molecule has 2 aromatic rings. The molecule has 2 rings (SSSR count). The summed E-state index contributed by atoms with van der Waals surface area (Å²) < 4.78 is 28.1. The normalized spacial score (nSPS) is 10.9. The summed E-state index contributed by atoms with van der Waals surface area (Å²) in [7, 11) is 0. The molecule has 0 spiro atoms. The molecule has 0 aliphatic heterocycles. The third-order valence-electron chi connectivity index (χ3n) is 6.60. The van der Waals surface area contributed by atoms with E-state index in [0.29, 0.717) is 69.4 Å². The molecule has 0 radical (unpaired) electrons. The van der Waals surface area contributed by atoms with Gasteiger partial charge in [0.1, 0.15) is 17.2 Å². The molecule has 9 nitrogen and oxygen atoms in total. The van der Waals surface area contributed by atoms with E-state index in [2.05, 4.69) is 0 Å². The summed E-state index contributed by atoms with van der Waals surface area (Å²) in [5.41, 5.74) is 1.23. The first-order valence-corrected chi connectivity index (χ1v) is 15.5. The molecule has 0 atom stereocenters. The van der Waals surface area contributed by atoms with Crippen molar-refractivity contribution in [2.45, 2.75) is 92.2 Å². The second kappa shape index (κ2) is 19.4. The standard InChI is InChI=1S/C34H50N2O7/c1-7-39-32(37)14-10-13-23-43-31-24-29(19-20-30(31)34(38)36(25(3)4)26(5)6)42-22-12-9-11-21-41-28-17-15-27(16-18-28)33(35)40-8-2/h15-20,24-26,35H,7-14,21-23H2,1-6H3. The van der Waals surface area contributed by atoms with E-state index in [9.17, 15) is 9.59 Å². The van der Waals surface area contributed by atoms with Gasteiger partial charge in [-0.2, -0.15) is 0 Å². The van der Waals surface area contributed by atoms with E-state index in [1.54, 1.807) is 19.1 Å². The third kappa shape index (κ3) is 12.6. The number of rotatable bonds is 20. The Balaban J connectivity index is 1.87. The van der Waals surface area contributed by atoms with Crippen molar-refractivity contribution in [3.05, 3.63) is 53.6 Å². The Kier molecular flexibility index (Phi) is 16.0. The van der Waals surface area contributed by atoms with E-state index < -0.39 is 0 Å². The van der Waals surface area contributed by atoms with E-state index in [0.717, 1.165) is 30.6 Å². The summed E-state index contributed by atoms with van der Waals surface area (Å²) in [6.45, 7) is 14.0. The van der Waals surface area contributed by atoms with Crippen LogP contribution in [0.3, 0.4) is 0 Å². The molecule has 0 bridgehead atoms. The van der Waals surface area contributed by atoms with Gasteiger partial charge < -0.3 is 28.6 Å². The Morgan fingerprint density at radius 3 is 1.88 bits per heavy atom. The monoisotopic (exact) mass is 598 g/mol. The van der Waals surface area contributed by atoms with E-state index in [1.165, 1.54) is 0 Å². The van der Waals surface area contributed by atoms with Gasteiger partial charge >= 0.3 is 5.97 Å². The highest BCUT2D eigenvalue weighted by Gasteiger charge is 2.25. The minimum absolute atomic E-state index is 0.0409. The van der Waals surface area contributed by atoms with Crippen LogP contribution in [-0.2, 0) is 14.3 Å². The Labute approximate surface area is 257 Å². The first kappa shape index (κ1) is 35.4. The van der Waals surface area contributed by atoms with Crippen LogP contribution in [0.25, 0.3) is 0 Å². The lowest BCUT2D eigenvalue weighted by molar-refractivity contribution is -0.143. The van der Waals surface area contributed by atoms with Gasteiger partial charge in [-0.3, -0.25) is 15.0 Å². The minimum Gasteiger partial charge on any atom is -0.494 e. The highest BCUT2D eigenvalue weighted by Crippen LogP contribution is 2.28. The molecule has 0 aliphatic rings. The van der Waals surface area contributed by atoms with Crippen molar-refractivity contribution >= 4 is 17.8 Å². The summed E-state index contributed by atoms with van der Waals surface area (Å²) in [6, 6.07) is 12.8. The van der Waals surface area contributed by atoms with Gasteiger partial charge in [0, 0.05) is 30.1 Å². The molecule has 0 aromatic heterocycles. The lowest BCUT2D eigenvalue weighted by atomic mass is 10.1. The van der Waals surface area contributed by atoms with Crippen LogP contribution >= 0.6 is 0 Å². The first-order chi connectivity index (χ1) is 20.7. The fourth-order valence-corrected chi connectivity index (χ4v) is 4.57. The van der Waals surface area contributed by atoms with E-state index in [1.807, 2.05) is 69.9 Å². The van der Waals surface area contributed by atoms with Gasteiger partial charge in [-0.15, -0.1) is 0 Å². The van der Waals surface area contributed by atoms with Crippen LogP contribution in [0, 0.1) is 5.41 Å². The van der Waals surface area contributed by atoms with Gasteiger partial charge in [0.15, 0.2) is 0 Å². The zero-order valence-electron chi connectivity index (χ0n) is 26.8. The van der Waals surface area contributed by atoms with E-state index >= 15 is 0 Å². The van der Waals surface area contributed by atoms with Crippen molar-refractivity contribution in [3.8, 4) is 17.2 Å². The highest BCUT2D eigenvalue weighted by atomic mass is 16.5. The molecule has 1 amide bonds. The molecule has 0 heterocycles. The van der Waals surface area contributed by atoms with Gasteiger partial charge in [0.05, 0.1) is 38.6 Å². The van der Waals surface area contributed by atoms with Gasteiger partial charge in [-0.1, -0.05) is 0 Å². The fraction of sp³-hybridized carbons (Fsp3) is 0.559. The van der Waals surface area contributed by atoms with Crippen LogP contribution in [0.15, 0.2) is 42.5 Å². The summed E-state index contributed by atoms with van der Waals surface area (Å²) in [5.74, 6) is 1.77. The SMILES string of the molecule is CCOC(=N)c1ccc(OCCCCCOc2ccc(C(=O)N(C(C)C)C(C)C)c(OCCCCC(=O)OCC)c2)cc1. The number of ether oxygens (including phenoxy) is 5. The van der Waals surface area contributed by atoms with Gasteiger partial charge in [0.2, 0.25) is 5.90 Å². The van der Waals surface area contributed by atoms with Crippen LogP contribution in [-0.4, -0.2) is 67.8 Å². The minimum atomic E-state index is -0.209. The number of nitrogens with zero attached hydrogens (tertiary/aromatic N) is 1. The first-order valence-electron chi connectivity index (χ1n) is 15.5. The zero-order valence-corrected chi connectivity index (χ0v) is 26.8. The fourth-order valence-electron chi connectivity index (χ4n) is 4.57. The zero-order chi connectivity index (χ0) is 31.6. The van der Waals surface area contributed by atoms with Crippen molar-refractivity contribution in [2.75, 3.05) is 33.0 Å². The lowest BCUT2D eigenvalue weighted by Crippen LogP contribution is -2.42. The molecule has 2 aromatic carbocycles. The number of hydrogen-bond donors (Lipinski definition) is 1. The van der Waals surface area contributed by atoms with Crippen molar-refractivity contribution < 1.29 is 33.3 Å². The largest absolute Gasteiger partial charge is 0.494 e. The van der Waals surface area contributed by atoms with Crippen molar-refractivity contribution in [3.63, 3.8) is 0 Å². The topological polar surface area (TPSA) is 107 Å². The molecule has 0 unspecified atom stereocenters. The van der Waals surface area contributed by atoms with Gasteiger partial charge in [0.25, 0.3) is 5.91 Å². The lowest BCUT2D eigenvalue weighted by Gasteiger charge is -2.31. The number of amides is 1. The van der Waals surface area contributed by atoms with Crippen molar-refractivity contribution in [1.29, 1.82) is 5.41 Å². The number of unbranched alkanes of at least 4 members (excludes halogenated alkanes) is 3. The molecular formula is C34H50N2O7. The Hall–Kier alpha value is -3.75. The Bertz CT molecular complexity index is 1120. The van der Waals surface area contributed by atoms with Gasteiger partial charge in [-0.05, 0) is 110 Å². The predicted molar refractivity (Wildman–Crippen MR) is 169 cm³/mol. The summed E-state index contributed by atoms with van der Waals surface area (Å²) in [6.07, 6.45) is 4.33. The second-order valence-corrected chi connectivity index (χ2v) is 10.7. The molecule has 238 valence electrons. The predicted octanol–water partition coefficient (Wildman–Crippen LogP) is 7.05. The number of carbonyl (C=O) groups is 2. The average Bonchev–Trinajstić information content (AvgIpc) is 2.96. The number of carbonyl (C=O) groups excluding carboxylic acids is 2. The van der Waals surface area contributed by atoms with E-state index in [-0.39, 0.29) is 29.9 Å². The summed E-state index contributed by atoms with van der Waals surface area (Å²) >= 11 is 0. The van der Waals surface area contributed by atoms with Crippen LogP contribution in [0.1, 0.15) is 96.0 Å². The molecule has 0 fully saturated rings. The molecule has 1 N–H and O–H groups in total. The van der Waals surface area contributed by atoms with Gasteiger partial charge in [-0.25, -0.2) is 0 Å². The quantitative estimate of drug-likeness (QED) is 0.0753.